The lowest BCUT2D eigenvalue weighted by Gasteiger charge is -2.17. The Balaban J connectivity index is 3.26. The molecule has 1 aromatic rings. The largest absolute Gasteiger partial charge is 0.497 e. The van der Waals surface area contributed by atoms with Crippen LogP contribution in [0.4, 0.5) is 0 Å². The van der Waals surface area contributed by atoms with Crippen molar-refractivity contribution in [3.05, 3.63) is 29.8 Å². The Bertz CT molecular complexity index is 693. The molecule has 1 rings (SSSR count). The fraction of sp³-hybridized carbons (Fsp3) is 0.412. The molecule has 0 aliphatic heterocycles. The summed E-state index contributed by atoms with van der Waals surface area (Å²) in [6.07, 6.45) is 3.10. The van der Waals surface area contributed by atoms with Gasteiger partial charge < -0.3 is 4.74 Å². The highest BCUT2D eigenvalue weighted by atomic mass is 32.2. The Morgan fingerprint density at radius 1 is 1.14 bits per heavy atom. The van der Waals surface area contributed by atoms with E-state index >= 15 is 0 Å². The molecule has 4 heteroatoms. The zero-order chi connectivity index (χ0) is 16.3. The van der Waals surface area contributed by atoms with E-state index in [1.165, 1.54) is 0 Å². The van der Waals surface area contributed by atoms with Crippen molar-refractivity contribution in [2.45, 2.75) is 20.8 Å². The van der Waals surface area contributed by atoms with E-state index in [1.54, 1.807) is 64.7 Å². The second-order valence-corrected chi connectivity index (χ2v) is 8.99. The third-order valence-electron chi connectivity index (χ3n) is 2.79. The molecule has 0 unspecified atom stereocenters. The first kappa shape index (κ1) is 17.3. The van der Waals surface area contributed by atoms with Crippen molar-refractivity contribution in [1.82, 2.24) is 0 Å². The van der Waals surface area contributed by atoms with Gasteiger partial charge in [-0.05, 0) is 39.7 Å². The molecule has 0 fully saturated rings. The number of hydrogen-bond acceptors (Lipinski definition) is 3. The van der Waals surface area contributed by atoms with Crippen LogP contribution in [0.5, 0.6) is 5.75 Å². The lowest BCUT2D eigenvalue weighted by atomic mass is 9.89. The van der Waals surface area contributed by atoms with Crippen LogP contribution in [0.25, 0.3) is 0 Å². The van der Waals surface area contributed by atoms with Crippen molar-refractivity contribution < 1.29 is 13.7 Å². The molecule has 0 bridgehead atoms. The zero-order valence-electron chi connectivity index (χ0n) is 13.4. The molecule has 0 aliphatic rings. The van der Waals surface area contributed by atoms with Gasteiger partial charge in [-0.1, -0.05) is 26.7 Å². The van der Waals surface area contributed by atoms with Crippen molar-refractivity contribution in [3.8, 4) is 17.6 Å². The Kier molecular flexibility index (Phi) is 5.25. The Morgan fingerprint density at radius 3 is 2.05 bits per heavy atom. The molecule has 0 N–H and O–H groups in total. The van der Waals surface area contributed by atoms with Crippen LogP contribution in [0.1, 0.15) is 26.3 Å². The highest BCUT2D eigenvalue weighted by Crippen LogP contribution is 2.16. The number of hydrogen-bond donors (Lipinski definition) is 0. The van der Waals surface area contributed by atoms with E-state index in [1.807, 2.05) is 0 Å². The van der Waals surface area contributed by atoms with Gasteiger partial charge in [-0.2, -0.15) is 0 Å². The van der Waals surface area contributed by atoms with Gasteiger partial charge in [-0.15, -0.1) is 0 Å². The average Bonchev–Trinajstić information content (AvgIpc) is 2.37. The molecule has 0 amide bonds. The van der Waals surface area contributed by atoms with E-state index in [9.17, 15) is 9.00 Å². The van der Waals surface area contributed by atoms with Crippen LogP contribution in [0.2, 0.25) is 0 Å². The third kappa shape index (κ3) is 4.95. The summed E-state index contributed by atoms with van der Waals surface area (Å²) in [6.45, 7) is 5.40. The van der Waals surface area contributed by atoms with Gasteiger partial charge in [-0.25, -0.2) is 0 Å². The number of methoxy groups -OCH3 is 1. The molecule has 0 saturated carbocycles. The van der Waals surface area contributed by atoms with E-state index < -0.39 is 14.9 Å². The van der Waals surface area contributed by atoms with Crippen LogP contribution in [-0.4, -0.2) is 34.5 Å². The maximum absolute atomic E-state index is 12.4. The quantitative estimate of drug-likeness (QED) is 0.622. The second kappa shape index (κ2) is 6.36. The van der Waals surface area contributed by atoms with Crippen molar-refractivity contribution >= 4 is 20.2 Å². The van der Waals surface area contributed by atoms with E-state index in [-0.39, 0.29) is 10.6 Å². The maximum atomic E-state index is 12.4. The van der Waals surface area contributed by atoms with Crippen molar-refractivity contribution in [3.63, 3.8) is 0 Å². The van der Waals surface area contributed by atoms with E-state index in [4.69, 9.17) is 4.74 Å². The minimum Gasteiger partial charge on any atom is -0.497 e. The monoisotopic (exact) mass is 306 g/mol. The van der Waals surface area contributed by atoms with Gasteiger partial charge in [0.2, 0.25) is 0 Å². The maximum Gasteiger partial charge on any atom is 0.184 e. The molecular formula is C17H22O3S. The lowest BCUT2D eigenvalue weighted by Crippen LogP contribution is -2.31. The molecule has 0 heterocycles. The van der Waals surface area contributed by atoms with Gasteiger partial charge in [0, 0.05) is 23.5 Å². The van der Waals surface area contributed by atoms with Gasteiger partial charge in [-0.3, -0.25) is 9.00 Å². The number of carbonyl (C=O) groups excluding carboxylic acids is 1. The Hall–Kier alpha value is -1.73. The van der Waals surface area contributed by atoms with Crippen LogP contribution >= 0.6 is 0 Å². The average molecular weight is 306 g/mol. The van der Waals surface area contributed by atoms with E-state index in [0.29, 0.717) is 0 Å². The first-order valence-electron chi connectivity index (χ1n) is 6.58. The molecule has 0 spiro atoms. The van der Waals surface area contributed by atoms with Gasteiger partial charge in [0.15, 0.2) is 5.78 Å². The van der Waals surface area contributed by atoms with Crippen molar-refractivity contribution in [1.29, 1.82) is 0 Å². The third-order valence-corrected chi connectivity index (χ3v) is 4.06. The summed E-state index contributed by atoms with van der Waals surface area (Å²) in [6, 6.07) is 7.20. The molecule has 1 aromatic carbocycles. The van der Waals surface area contributed by atoms with Gasteiger partial charge >= 0.3 is 0 Å². The number of rotatable bonds is 2. The normalized spacial score (nSPS) is 11.3. The summed E-state index contributed by atoms with van der Waals surface area (Å²) in [4.78, 5) is 12.6. The van der Waals surface area contributed by atoms with Gasteiger partial charge in [0.25, 0.3) is 0 Å². The van der Waals surface area contributed by atoms with Crippen LogP contribution in [0.3, 0.4) is 0 Å². The topological polar surface area (TPSA) is 43.4 Å². The Labute approximate surface area is 127 Å². The van der Waals surface area contributed by atoms with Crippen LogP contribution in [0.15, 0.2) is 24.3 Å². The van der Waals surface area contributed by atoms with Crippen LogP contribution in [0, 0.1) is 17.3 Å². The molecular weight excluding hydrogens is 284 g/mol. The Morgan fingerprint density at radius 2 is 1.67 bits per heavy atom. The summed E-state index contributed by atoms with van der Waals surface area (Å²) in [5, 5.41) is 0. The number of benzene rings is 1. The standard InChI is InChI=1S/C17H22O3S/c1-17(2,3)16(18)15(21(5,6)19)12-9-13-7-10-14(20-4)11-8-13/h7-8,10-11H,1-6H3. The van der Waals surface area contributed by atoms with Crippen LogP contribution in [-0.2, 0) is 14.3 Å². The molecule has 0 radical (unpaired) electrons. The fourth-order valence-electron chi connectivity index (χ4n) is 1.55. The van der Waals surface area contributed by atoms with E-state index in [0.717, 1.165) is 11.3 Å². The van der Waals surface area contributed by atoms with Crippen LogP contribution < -0.4 is 4.74 Å². The molecule has 0 saturated heterocycles. The highest BCUT2D eigenvalue weighted by molar-refractivity contribution is 8.02. The first-order valence-corrected chi connectivity index (χ1v) is 8.95. The molecule has 0 aliphatic carbocycles. The summed E-state index contributed by atoms with van der Waals surface area (Å²) in [5.74, 6) is 6.31. The first-order chi connectivity index (χ1) is 9.55. The second-order valence-electron chi connectivity index (χ2n) is 6.12. The van der Waals surface area contributed by atoms with E-state index in [2.05, 4.69) is 11.8 Å². The molecule has 21 heavy (non-hydrogen) atoms. The SMILES string of the molecule is COc1ccc(C#CC(C(=O)C(C)(C)C)=S(C)(C)=O)cc1. The minimum atomic E-state index is -2.41. The highest BCUT2D eigenvalue weighted by Gasteiger charge is 2.26. The predicted octanol–water partition coefficient (Wildman–Crippen LogP) is 2.38. The number of ketones is 1. The summed E-state index contributed by atoms with van der Waals surface area (Å²) < 4.78 is 17.4. The van der Waals surface area contributed by atoms with Gasteiger partial charge in [0.1, 0.15) is 10.6 Å². The minimum absolute atomic E-state index is 0.168. The fourth-order valence-corrected chi connectivity index (χ4v) is 2.60. The van der Waals surface area contributed by atoms with Gasteiger partial charge in [0.05, 0.1) is 7.11 Å². The molecule has 0 atom stereocenters. The number of Topliss-reactive ketones (excluding diaryl/α,β-unsaturated/α-hetero) is 1. The zero-order valence-corrected chi connectivity index (χ0v) is 14.3. The number of carbonyl (C=O) groups is 1. The summed E-state index contributed by atoms with van der Waals surface area (Å²) in [7, 11) is -0.816. The molecule has 0 aromatic heterocycles. The smallest absolute Gasteiger partial charge is 0.184 e. The van der Waals surface area contributed by atoms with Crippen molar-refractivity contribution in [2.75, 3.05) is 19.6 Å². The predicted molar refractivity (Wildman–Crippen MR) is 89.3 cm³/mol. The summed E-state index contributed by atoms with van der Waals surface area (Å²) >= 11 is 0. The molecule has 3 nitrogen and oxygen atoms in total. The summed E-state index contributed by atoms with van der Waals surface area (Å²) in [5.41, 5.74) is 0.150. The van der Waals surface area contributed by atoms with Crippen molar-refractivity contribution in [2.24, 2.45) is 5.41 Å². The number of ether oxygens (including phenoxy) is 1. The molecule has 114 valence electrons. The lowest BCUT2D eigenvalue weighted by molar-refractivity contribution is -0.119.